The van der Waals surface area contributed by atoms with E-state index in [1.54, 1.807) is 5.41 Å². The molecule has 4 fully saturated rings. The van der Waals surface area contributed by atoms with Crippen LogP contribution in [0, 0.1) is 44.3 Å². The Bertz CT molecular complexity index is 1110. The average molecular weight is 528 g/mol. The third kappa shape index (κ3) is 3.17. The number of carbonyl (C=O) groups is 2. The van der Waals surface area contributed by atoms with Crippen LogP contribution in [0.4, 0.5) is 0 Å². The minimum Gasteiger partial charge on any atom is -0.395 e. The van der Waals surface area contributed by atoms with Crippen LogP contribution in [0.1, 0.15) is 106 Å². The predicted octanol–water partition coefficient (Wildman–Crippen LogP) is 6.42. The van der Waals surface area contributed by atoms with Crippen molar-refractivity contribution in [1.29, 1.82) is 0 Å². The second-order valence-corrected chi connectivity index (χ2v) is 15.7. The molecule has 8 atom stereocenters. The summed E-state index contributed by atoms with van der Waals surface area (Å²) in [6, 6.07) is 0. The highest BCUT2D eigenvalue weighted by Crippen LogP contribution is 2.75. The van der Waals surface area contributed by atoms with Crippen LogP contribution in [-0.2, 0) is 9.59 Å². The van der Waals surface area contributed by atoms with E-state index in [0.29, 0.717) is 12.0 Å². The molecule has 4 nitrogen and oxygen atoms in total. The molecule has 5 aliphatic carbocycles. The van der Waals surface area contributed by atoms with Gasteiger partial charge >= 0.3 is 0 Å². The molecule has 37 heavy (non-hydrogen) atoms. The zero-order valence-electron chi connectivity index (χ0n) is 24.2. The van der Waals surface area contributed by atoms with Gasteiger partial charge in [-0.15, -0.1) is 0 Å². The lowest BCUT2D eigenvalue weighted by atomic mass is 9.32. The minimum atomic E-state index is -0.864. The van der Waals surface area contributed by atoms with Gasteiger partial charge in [0, 0.05) is 17.0 Å². The molecule has 206 valence electrons. The van der Waals surface area contributed by atoms with E-state index in [1.807, 2.05) is 13.0 Å². The number of ketones is 2. The van der Waals surface area contributed by atoms with Gasteiger partial charge in [0.1, 0.15) is 0 Å². The number of rotatable bonds is 2. The van der Waals surface area contributed by atoms with E-state index in [-0.39, 0.29) is 57.1 Å². The topological polar surface area (TPSA) is 80.4 Å². The number of hydrogen-bond acceptors (Lipinski definition) is 5. The van der Waals surface area contributed by atoms with Gasteiger partial charge in [-0.1, -0.05) is 47.1 Å². The van der Waals surface area contributed by atoms with Gasteiger partial charge in [0.2, 0.25) is 0 Å². The van der Waals surface area contributed by atoms with Crippen LogP contribution in [0.2, 0.25) is 0 Å². The summed E-state index contributed by atoms with van der Waals surface area (Å²) >= 11 is 4.41. The number of nitrogens with two attached hydrogens (primary N) is 1. The Labute approximate surface area is 229 Å². The van der Waals surface area contributed by atoms with Crippen molar-refractivity contribution in [2.24, 2.45) is 50.1 Å². The first-order chi connectivity index (χ1) is 17.0. The fourth-order valence-corrected chi connectivity index (χ4v) is 11.3. The maximum Gasteiger partial charge on any atom is 0.167 e. The smallest absolute Gasteiger partial charge is 0.167 e. The number of aliphatic hydroxyl groups excluding tert-OH is 1. The highest BCUT2D eigenvalue weighted by atomic mass is 32.1. The second kappa shape index (κ2) is 8.07. The molecule has 0 aromatic heterocycles. The van der Waals surface area contributed by atoms with E-state index in [4.69, 9.17) is 5.73 Å². The van der Waals surface area contributed by atoms with Crippen LogP contribution in [0.25, 0.3) is 0 Å². The quantitative estimate of drug-likeness (QED) is 0.286. The van der Waals surface area contributed by atoms with Crippen molar-refractivity contribution in [2.45, 2.75) is 112 Å². The molecule has 0 heterocycles. The largest absolute Gasteiger partial charge is 0.395 e. The SMILES string of the molecule is CCC12CCC(C)(C)CC1(N)C1C(=O)C=C3C4(C)C/C(=C\S)C(=O)[C@](C)(CO)C4CCC3(C)[C@]1(C)CC2. The zero-order chi connectivity index (χ0) is 27.4. The van der Waals surface area contributed by atoms with Crippen molar-refractivity contribution >= 4 is 24.2 Å². The van der Waals surface area contributed by atoms with Gasteiger partial charge in [0.15, 0.2) is 11.6 Å². The van der Waals surface area contributed by atoms with Crippen LogP contribution in [-0.4, -0.2) is 28.8 Å². The summed E-state index contributed by atoms with van der Waals surface area (Å²) in [5.41, 5.74) is 7.44. The van der Waals surface area contributed by atoms with Gasteiger partial charge in [-0.2, -0.15) is 12.6 Å². The number of aliphatic hydroxyl groups is 1. The third-order valence-electron chi connectivity index (χ3n) is 13.4. The number of thiol groups is 1. The summed E-state index contributed by atoms with van der Waals surface area (Å²) in [5, 5.41) is 12.2. The predicted molar refractivity (Wildman–Crippen MR) is 152 cm³/mol. The summed E-state index contributed by atoms with van der Waals surface area (Å²) < 4.78 is 0. The Hall–Kier alpha value is -0.910. The molecular formula is C32H49NO3S. The van der Waals surface area contributed by atoms with Crippen LogP contribution < -0.4 is 5.73 Å². The van der Waals surface area contributed by atoms with Gasteiger partial charge in [0.05, 0.1) is 12.0 Å². The number of fused-ring (bicyclic) bond motifs is 7. The number of hydrogen-bond donors (Lipinski definition) is 3. The number of Topliss-reactive ketones (excluding diaryl/α,β-unsaturated/α-hetero) is 1. The molecular weight excluding hydrogens is 478 g/mol. The lowest BCUT2D eigenvalue weighted by Crippen LogP contribution is -2.75. The lowest BCUT2D eigenvalue weighted by molar-refractivity contribution is -0.183. The van der Waals surface area contributed by atoms with E-state index in [9.17, 15) is 14.7 Å². The molecule has 0 aromatic rings. The zero-order valence-corrected chi connectivity index (χ0v) is 25.1. The normalized spacial score (nSPS) is 52.1. The van der Waals surface area contributed by atoms with Gasteiger partial charge in [-0.05, 0) is 109 Å². The Morgan fingerprint density at radius 2 is 1.70 bits per heavy atom. The molecule has 5 aliphatic rings. The molecule has 0 bridgehead atoms. The molecule has 3 N–H and O–H groups in total. The van der Waals surface area contributed by atoms with Crippen molar-refractivity contribution in [3.8, 4) is 0 Å². The average Bonchev–Trinajstić information content (AvgIpc) is 2.82. The second-order valence-electron chi connectivity index (χ2n) is 15.4. The van der Waals surface area contributed by atoms with Crippen LogP contribution in [0.15, 0.2) is 22.6 Å². The molecule has 4 saturated carbocycles. The maximum absolute atomic E-state index is 14.5. The van der Waals surface area contributed by atoms with Crippen LogP contribution in [0.3, 0.4) is 0 Å². The minimum absolute atomic E-state index is 0.0126. The van der Waals surface area contributed by atoms with E-state index in [2.05, 4.69) is 54.2 Å². The van der Waals surface area contributed by atoms with Crippen molar-refractivity contribution in [2.75, 3.05) is 6.61 Å². The molecule has 5 rings (SSSR count). The standard InChI is InChI=1S/C32H49NO3S/c1-8-31-13-11-26(2,3)18-32(31,33)24-21(35)15-23-27(4)16-20(17-37)25(36)28(5,19-34)22(27)9-10-29(23,6)30(24,7)12-14-31/h15,17,22,24,34,37H,8-14,16,18-19,33H2,1-7H3/b20-17+/t22?,24?,27?,28-,29?,30-,31?,32?/m1/s1. The summed E-state index contributed by atoms with van der Waals surface area (Å²) in [6.07, 6.45) is 10.6. The van der Waals surface area contributed by atoms with E-state index >= 15 is 0 Å². The highest BCUT2D eigenvalue weighted by Gasteiger charge is 2.73. The van der Waals surface area contributed by atoms with Gasteiger partial charge in [-0.3, -0.25) is 9.59 Å². The molecule has 0 radical (unpaired) electrons. The first-order valence-electron chi connectivity index (χ1n) is 14.6. The third-order valence-corrected chi connectivity index (χ3v) is 13.7. The Balaban J connectivity index is 1.70. The van der Waals surface area contributed by atoms with Crippen molar-refractivity contribution in [3.63, 3.8) is 0 Å². The van der Waals surface area contributed by atoms with Crippen molar-refractivity contribution < 1.29 is 14.7 Å². The fraction of sp³-hybridized carbons (Fsp3) is 0.812. The van der Waals surface area contributed by atoms with E-state index in [0.717, 1.165) is 44.9 Å². The molecule has 0 aromatic carbocycles. The van der Waals surface area contributed by atoms with Crippen LogP contribution >= 0.6 is 12.6 Å². The van der Waals surface area contributed by atoms with E-state index < -0.39 is 11.0 Å². The molecule has 0 spiro atoms. The molecule has 5 heteroatoms. The number of carbonyl (C=O) groups excluding carboxylic acids is 2. The monoisotopic (exact) mass is 527 g/mol. The van der Waals surface area contributed by atoms with Gasteiger partial charge < -0.3 is 10.8 Å². The van der Waals surface area contributed by atoms with Crippen molar-refractivity contribution in [1.82, 2.24) is 0 Å². The lowest BCUT2D eigenvalue weighted by Gasteiger charge is -2.72. The summed E-state index contributed by atoms with van der Waals surface area (Å²) in [5.74, 6) is 0.00400. The van der Waals surface area contributed by atoms with Crippen LogP contribution in [0.5, 0.6) is 0 Å². The van der Waals surface area contributed by atoms with Gasteiger partial charge in [-0.25, -0.2) is 0 Å². The van der Waals surface area contributed by atoms with Crippen molar-refractivity contribution in [3.05, 3.63) is 22.6 Å². The molecule has 0 aliphatic heterocycles. The summed E-state index contributed by atoms with van der Waals surface area (Å²) in [4.78, 5) is 28.0. The highest BCUT2D eigenvalue weighted by molar-refractivity contribution is 7.83. The molecule has 0 saturated heterocycles. The fourth-order valence-electron chi connectivity index (χ4n) is 11.1. The number of allylic oxidation sites excluding steroid dienone is 3. The molecule has 6 unspecified atom stereocenters. The Morgan fingerprint density at radius 1 is 1.05 bits per heavy atom. The van der Waals surface area contributed by atoms with E-state index in [1.165, 1.54) is 12.0 Å². The Morgan fingerprint density at radius 3 is 2.30 bits per heavy atom. The first kappa shape index (κ1) is 27.6. The summed E-state index contributed by atoms with van der Waals surface area (Å²) in [6.45, 7) is 15.7. The maximum atomic E-state index is 14.5. The van der Waals surface area contributed by atoms with Gasteiger partial charge in [0.25, 0.3) is 0 Å². The first-order valence-corrected chi connectivity index (χ1v) is 15.1. The molecule has 0 amide bonds. The summed E-state index contributed by atoms with van der Waals surface area (Å²) in [7, 11) is 0. The Kier molecular flexibility index (Phi) is 6.03.